The van der Waals surface area contributed by atoms with Gasteiger partial charge in [0.25, 0.3) is 0 Å². The Morgan fingerprint density at radius 2 is 1.89 bits per heavy atom. The highest BCUT2D eigenvalue weighted by atomic mass is 79.9. The van der Waals surface area contributed by atoms with Crippen molar-refractivity contribution >= 4 is 31.9 Å². The van der Waals surface area contributed by atoms with Gasteiger partial charge >= 0.3 is 0 Å². The molecule has 19 heavy (non-hydrogen) atoms. The smallest absolute Gasteiger partial charge is 0.147 e. The predicted octanol–water partition coefficient (Wildman–Crippen LogP) is 5.05. The van der Waals surface area contributed by atoms with Crippen molar-refractivity contribution in [1.29, 1.82) is 0 Å². The molecule has 0 unspecified atom stereocenters. The summed E-state index contributed by atoms with van der Waals surface area (Å²) in [6.45, 7) is 11.7. The van der Waals surface area contributed by atoms with Gasteiger partial charge in [0.15, 0.2) is 0 Å². The highest BCUT2D eigenvalue weighted by molar-refractivity contribution is 9.11. The first-order valence-corrected chi connectivity index (χ1v) is 7.97. The largest absolute Gasteiger partial charge is 0.491 e. The van der Waals surface area contributed by atoms with E-state index in [2.05, 4.69) is 69.7 Å². The molecule has 0 heterocycles. The second-order valence-corrected chi connectivity index (χ2v) is 6.69. The Morgan fingerprint density at radius 1 is 1.32 bits per heavy atom. The molecule has 0 bridgehead atoms. The summed E-state index contributed by atoms with van der Waals surface area (Å²) in [4.78, 5) is 0. The zero-order valence-corrected chi connectivity index (χ0v) is 14.9. The zero-order chi connectivity index (χ0) is 14.4. The number of ether oxygens (including phenoxy) is 1. The quantitative estimate of drug-likeness (QED) is 0.657. The SMILES string of the molecule is C=C(C)CCOc1c(Br)cc(CNC(C)C)cc1Br. The van der Waals surface area contributed by atoms with Crippen LogP contribution >= 0.6 is 31.9 Å². The van der Waals surface area contributed by atoms with Crippen LogP contribution in [-0.2, 0) is 6.54 Å². The van der Waals surface area contributed by atoms with Crippen molar-refractivity contribution in [3.05, 3.63) is 38.8 Å². The van der Waals surface area contributed by atoms with E-state index >= 15 is 0 Å². The lowest BCUT2D eigenvalue weighted by molar-refractivity contribution is 0.317. The highest BCUT2D eigenvalue weighted by Crippen LogP contribution is 2.35. The van der Waals surface area contributed by atoms with Crippen LogP contribution in [-0.4, -0.2) is 12.6 Å². The van der Waals surface area contributed by atoms with Crippen molar-refractivity contribution in [3.63, 3.8) is 0 Å². The molecule has 2 nitrogen and oxygen atoms in total. The number of hydrogen-bond acceptors (Lipinski definition) is 2. The second-order valence-electron chi connectivity index (χ2n) is 4.98. The van der Waals surface area contributed by atoms with Gasteiger partial charge in [-0.1, -0.05) is 19.4 Å². The van der Waals surface area contributed by atoms with Gasteiger partial charge in [0.05, 0.1) is 15.6 Å². The third kappa shape index (κ3) is 6.11. The lowest BCUT2D eigenvalue weighted by atomic mass is 10.2. The third-order valence-corrected chi connectivity index (χ3v) is 3.73. The van der Waals surface area contributed by atoms with Crippen molar-refractivity contribution in [2.75, 3.05) is 6.61 Å². The van der Waals surface area contributed by atoms with E-state index in [4.69, 9.17) is 4.74 Å². The molecule has 0 amide bonds. The normalized spacial score (nSPS) is 10.8. The fourth-order valence-electron chi connectivity index (χ4n) is 1.50. The number of benzene rings is 1. The minimum atomic E-state index is 0.476. The van der Waals surface area contributed by atoms with Crippen LogP contribution in [0.2, 0.25) is 0 Å². The molecule has 1 aromatic carbocycles. The first-order chi connectivity index (χ1) is 8.90. The molecule has 0 saturated carbocycles. The Morgan fingerprint density at radius 3 is 2.37 bits per heavy atom. The average molecular weight is 391 g/mol. The maximum Gasteiger partial charge on any atom is 0.147 e. The molecule has 0 aliphatic rings. The maximum absolute atomic E-state index is 5.78. The molecule has 1 aromatic rings. The number of nitrogens with one attached hydrogen (secondary N) is 1. The van der Waals surface area contributed by atoms with Crippen LogP contribution in [0.1, 0.15) is 32.8 Å². The molecule has 0 aliphatic heterocycles. The van der Waals surface area contributed by atoms with E-state index < -0.39 is 0 Å². The molecule has 0 aromatic heterocycles. The van der Waals surface area contributed by atoms with Crippen molar-refractivity contribution in [2.24, 2.45) is 0 Å². The first kappa shape index (κ1) is 16.7. The topological polar surface area (TPSA) is 21.3 Å². The molecular formula is C15H21Br2NO. The fraction of sp³-hybridized carbons (Fsp3) is 0.467. The second kappa shape index (κ2) is 8.08. The van der Waals surface area contributed by atoms with Crippen LogP contribution in [0, 0.1) is 0 Å². The fourth-order valence-corrected chi connectivity index (χ4v) is 3.01. The molecule has 1 rings (SSSR count). The predicted molar refractivity (Wildman–Crippen MR) is 88.7 cm³/mol. The number of rotatable bonds is 7. The minimum absolute atomic E-state index is 0.476. The van der Waals surface area contributed by atoms with E-state index in [-0.39, 0.29) is 0 Å². The van der Waals surface area contributed by atoms with Crippen LogP contribution < -0.4 is 10.1 Å². The Balaban J connectivity index is 2.71. The Hall–Kier alpha value is -0.320. The Labute approximate surface area is 132 Å². The third-order valence-electron chi connectivity index (χ3n) is 2.55. The molecule has 0 radical (unpaired) electrons. The van der Waals surface area contributed by atoms with Crippen molar-refractivity contribution < 1.29 is 4.74 Å². The van der Waals surface area contributed by atoms with Gasteiger partial charge < -0.3 is 10.1 Å². The Bertz CT molecular complexity index is 421. The van der Waals surface area contributed by atoms with Crippen LogP contribution in [0.25, 0.3) is 0 Å². The van der Waals surface area contributed by atoms with Crippen LogP contribution in [0.4, 0.5) is 0 Å². The van der Waals surface area contributed by atoms with Gasteiger partial charge in [-0.3, -0.25) is 0 Å². The van der Waals surface area contributed by atoms with Crippen molar-refractivity contribution in [3.8, 4) is 5.75 Å². The van der Waals surface area contributed by atoms with Gasteiger partial charge in [0.2, 0.25) is 0 Å². The molecule has 1 N–H and O–H groups in total. The van der Waals surface area contributed by atoms with E-state index in [0.29, 0.717) is 12.6 Å². The van der Waals surface area contributed by atoms with Crippen LogP contribution in [0.5, 0.6) is 5.75 Å². The van der Waals surface area contributed by atoms with E-state index in [1.165, 1.54) is 5.56 Å². The molecular weight excluding hydrogens is 370 g/mol. The monoisotopic (exact) mass is 389 g/mol. The molecule has 0 spiro atoms. The van der Waals surface area contributed by atoms with Gasteiger partial charge in [-0.25, -0.2) is 0 Å². The molecule has 0 saturated heterocycles. The van der Waals surface area contributed by atoms with E-state index in [0.717, 1.165) is 33.2 Å². The maximum atomic E-state index is 5.78. The average Bonchev–Trinajstić information content (AvgIpc) is 2.29. The summed E-state index contributed by atoms with van der Waals surface area (Å²) in [5.41, 5.74) is 2.35. The summed E-state index contributed by atoms with van der Waals surface area (Å²) < 4.78 is 7.74. The summed E-state index contributed by atoms with van der Waals surface area (Å²) in [7, 11) is 0. The summed E-state index contributed by atoms with van der Waals surface area (Å²) in [6, 6.07) is 4.66. The standard InChI is InChI=1S/C15H21Br2NO/c1-10(2)5-6-19-15-13(16)7-12(8-14(15)17)9-18-11(3)4/h7-8,11,18H,1,5-6,9H2,2-4H3. The first-order valence-electron chi connectivity index (χ1n) is 6.38. The van der Waals surface area contributed by atoms with E-state index in [1.807, 2.05) is 6.92 Å². The molecule has 106 valence electrons. The van der Waals surface area contributed by atoms with Crippen LogP contribution in [0.3, 0.4) is 0 Å². The number of hydrogen-bond donors (Lipinski definition) is 1. The zero-order valence-electron chi connectivity index (χ0n) is 11.7. The Kier molecular flexibility index (Phi) is 7.11. The summed E-state index contributed by atoms with van der Waals surface area (Å²) in [5, 5.41) is 3.40. The highest BCUT2D eigenvalue weighted by Gasteiger charge is 2.09. The van der Waals surface area contributed by atoms with Gasteiger partial charge in [-0.15, -0.1) is 6.58 Å². The van der Waals surface area contributed by atoms with Gasteiger partial charge in [-0.2, -0.15) is 0 Å². The van der Waals surface area contributed by atoms with Gasteiger partial charge in [0, 0.05) is 19.0 Å². The van der Waals surface area contributed by atoms with E-state index in [9.17, 15) is 0 Å². The summed E-state index contributed by atoms with van der Waals surface area (Å²) in [6.07, 6.45) is 0.871. The molecule has 0 atom stereocenters. The van der Waals surface area contributed by atoms with Gasteiger partial charge in [-0.05, 0) is 56.5 Å². The molecule has 0 fully saturated rings. The summed E-state index contributed by atoms with van der Waals surface area (Å²) >= 11 is 7.13. The van der Waals surface area contributed by atoms with Crippen molar-refractivity contribution in [1.82, 2.24) is 5.32 Å². The van der Waals surface area contributed by atoms with Crippen LogP contribution in [0.15, 0.2) is 33.2 Å². The molecule has 0 aliphatic carbocycles. The molecule has 4 heteroatoms. The minimum Gasteiger partial charge on any atom is -0.491 e. The lowest BCUT2D eigenvalue weighted by Gasteiger charge is -2.13. The van der Waals surface area contributed by atoms with Gasteiger partial charge in [0.1, 0.15) is 5.75 Å². The number of halogens is 2. The van der Waals surface area contributed by atoms with E-state index in [1.54, 1.807) is 0 Å². The lowest BCUT2D eigenvalue weighted by Crippen LogP contribution is -2.21. The summed E-state index contributed by atoms with van der Waals surface area (Å²) in [5.74, 6) is 0.856. The van der Waals surface area contributed by atoms with Crippen molar-refractivity contribution in [2.45, 2.75) is 39.8 Å².